The first kappa shape index (κ1) is 17.7. The maximum Gasteiger partial charge on any atom is 0.253 e. The molecule has 0 radical (unpaired) electrons. The number of benzene rings is 1. The Hall–Kier alpha value is -2.70. The smallest absolute Gasteiger partial charge is 0.253 e. The average molecular weight is 395 g/mol. The van der Waals surface area contributed by atoms with Gasteiger partial charge in [-0.15, -0.1) is 11.3 Å². The zero-order valence-corrected chi connectivity index (χ0v) is 16.4. The van der Waals surface area contributed by atoms with Gasteiger partial charge in [0.2, 0.25) is 0 Å². The van der Waals surface area contributed by atoms with Crippen LogP contribution in [0.5, 0.6) is 0 Å². The number of thiophene rings is 1. The molecular weight excluding hydrogens is 376 g/mol. The molecule has 0 aliphatic rings. The normalized spacial score (nSPS) is 11.4. The van der Waals surface area contributed by atoms with Crippen LogP contribution in [0.4, 0.5) is 5.13 Å². The first-order valence-corrected chi connectivity index (χ1v) is 10.4. The zero-order chi connectivity index (χ0) is 18.6. The van der Waals surface area contributed by atoms with Gasteiger partial charge < -0.3 is 4.42 Å². The van der Waals surface area contributed by atoms with Gasteiger partial charge in [0.15, 0.2) is 5.13 Å². The van der Waals surface area contributed by atoms with Gasteiger partial charge in [0.25, 0.3) is 5.91 Å². The Balaban J connectivity index is 1.70. The van der Waals surface area contributed by atoms with Gasteiger partial charge in [-0.3, -0.25) is 9.69 Å². The van der Waals surface area contributed by atoms with E-state index in [1.165, 1.54) is 16.9 Å². The molecule has 3 heterocycles. The molecule has 6 heteroatoms. The fourth-order valence-corrected chi connectivity index (χ4v) is 4.46. The van der Waals surface area contributed by atoms with Crippen LogP contribution in [-0.4, -0.2) is 10.9 Å². The lowest BCUT2D eigenvalue weighted by Gasteiger charge is -2.16. The van der Waals surface area contributed by atoms with E-state index in [4.69, 9.17) is 9.40 Å². The summed E-state index contributed by atoms with van der Waals surface area (Å²) >= 11 is 3.13. The third-order valence-electron chi connectivity index (χ3n) is 4.20. The molecule has 27 heavy (non-hydrogen) atoms. The summed E-state index contributed by atoms with van der Waals surface area (Å²) in [5.41, 5.74) is 2.16. The minimum Gasteiger partial charge on any atom is -0.467 e. The van der Waals surface area contributed by atoms with Gasteiger partial charge in [-0.25, -0.2) is 4.98 Å². The Morgan fingerprint density at radius 3 is 2.89 bits per heavy atom. The average Bonchev–Trinajstić information content (AvgIpc) is 3.45. The summed E-state index contributed by atoms with van der Waals surface area (Å²) in [5, 5.41) is 2.67. The summed E-state index contributed by atoms with van der Waals surface area (Å²) in [6.07, 6.45) is 5.96. The first-order valence-electron chi connectivity index (χ1n) is 8.68. The highest BCUT2D eigenvalue weighted by molar-refractivity contribution is 7.22. The number of nitrogens with zero attached hydrogens (tertiary/aromatic N) is 2. The SMILES string of the molecule is CCc1cccc2sc(N(Cc3ccco3)C(=O)/C=C/c3cccs3)nc12. The topological polar surface area (TPSA) is 46.3 Å². The highest BCUT2D eigenvalue weighted by Gasteiger charge is 2.20. The second-order valence-electron chi connectivity index (χ2n) is 5.97. The minimum absolute atomic E-state index is 0.114. The van der Waals surface area contributed by atoms with Crippen molar-refractivity contribution in [1.29, 1.82) is 0 Å². The van der Waals surface area contributed by atoms with Crippen LogP contribution in [0.3, 0.4) is 0 Å². The Bertz CT molecular complexity index is 1060. The Morgan fingerprint density at radius 2 is 2.15 bits per heavy atom. The van der Waals surface area contributed by atoms with Crippen molar-refractivity contribution in [2.75, 3.05) is 4.90 Å². The summed E-state index contributed by atoms with van der Waals surface area (Å²) in [5.74, 6) is 0.611. The highest BCUT2D eigenvalue weighted by Crippen LogP contribution is 2.32. The highest BCUT2D eigenvalue weighted by atomic mass is 32.1. The summed E-state index contributed by atoms with van der Waals surface area (Å²) in [7, 11) is 0. The number of aromatic nitrogens is 1. The molecule has 0 N–H and O–H groups in total. The van der Waals surface area contributed by atoms with Crippen molar-refractivity contribution < 1.29 is 9.21 Å². The predicted molar refractivity (Wildman–Crippen MR) is 112 cm³/mol. The van der Waals surface area contributed by atoms with E-state index in [0.29, 0.717) is 11.7 Å². The number of hydrogen-bond acceptors (Lipinski definition) is 5. The first-order chi connectivity index (χ1) is 13.2. The van der Waals surface area contributed by atoms with E-state index in [9.17, 15) is 4.79 Å². The van der Waals surface area contributed by atoms with Crippen molar-refractivity contribution in [3.63, 3.8) is 0 Å². The Kier molecular flexibility index (Phi) is 5.18. The van der Waals surface area contributed by atoms with Crippen molar-refractivity contribution >= 4 is 50.0 Å². The van der Waals surface area contributed by atoms with E-state index >= 15 is 0 Å². The molecule has 0 unspecified atom stereocenters. The van der Waals surface area contributed by atoms with Gasteiger partial charge in [-0.2, -0.15) is 0 Å². The molecule has 4 nitrogen and oxygen atoms in total. The van der Waals surface area contributed by atoms with Gasteiger partial charge in [0.05, 0.1) is 23.0 Å². The molecule has 0 fully saturated rings. The third-order valence-corrected chi connectivity index (χ3v) is 6.08. The number of carbonyl (C=O) groups excluding carboxylic acids is 1. The summed E-state index contributed by atoms with van der Waals surface area (Å²) in [6, 6.07) is 13.8. The van der Waals surface area contributed by atoms with Crippen LogP contribution in [0.25, 0.3) is 16.3 Å². The molecule has 0 spiro atoms. The molecule has 1 amide bonds. The third kappa shape index (κ3) is 3.86. The molecule has 4 aromatic rings. The van der Waals surface area contributed by atoms with Crippen LogP contribution < -0.4 is 4.90 Å². The molecule has 1 aromatic carbocycles. The van der Waals surface area contributed by atoms with E-state index in [0.717, 1.165) is 27.3 Å². The molecule has 0 atom stereocenters. The van der Waals surface area contributed by atoms with Gasteiger partial charge >= 0.3 is 0 Å². The maximum atomic E-state index is 13.0. The molecular formula is C21H18N2O2S2. The number of anilines is 1. The van der Waals surface area contributed by atoms with Crippen LogP contribution >= 0.6 is 22.7 Å². The largest absolute Gasteiger partial charge is 0.467 e. The number of hydrogen-bond donors (Lipinski definition) is 0. The molecule has 136 valence electrons. The number of carbonyl (C=O) groups is 1. The van der Waals surface area contributed by atoms with Crippen LogP contribution in [0.15, 0.2) is 64.6 Å². The molecule has 0 saturated carbocycles. The molecule has 0 aliphatic carbocycles. The van der Waals surface area contributed by atoms with Crippen LogP contribution in [0.1, 0.15) is 23.1 Å². The molecule has 3 aromatic heterocycles. The summed E-state index contributed by atoms with van der Waals surface area (Å²) < 4.78 is 6.55. The van der Waals surface area contributed by atoms with Crippen molar-refractivity contribution in [1.82, 2.24) is 4.98 Å². The van der Waals surface area contributed by atoms with E-state index in [2.05, 4.69) is 13.0 Å². The fraction of sp³-hybridized carbons (Fsp3) is 0.143. The standard InChI is InChI=1S/C21H18N2O2S2/c1-2-15-6-3-9-18-20(15)22-21(27-18)23(14-16-7-4-12-25-16)19(24)11-10-17-8-5-13-26-17/h3-13H,2,14H2,1H3/b11-10+. The van der Waals surface area contributed by atoms with E-state index in [1.807, 2.05) is 47.9 Å². The van der Waals surface area contributed by atoms with Crippen LogP contribution in [0.2, 0.25) is 0 Å². The number of aryl methyl sites for hydroxylation is 1. The maximum absolute atomic E-state index is 13.0. The second kappa shape index (κ2) is 7.90. The minimum atomic E-state index is -0.114. The molecule has 0 aliphatic heterocycles. The van der Waals surface area contributed by atoms with Gasteiger partial charge in [0.1, 0.15) is 5.76 Å². The number of amides is 1. The van der Waals surface area contributed by atoms with Crippen LogP contribution in [-0.2, 0) is 17.8 Å². The number of furan rings is 1. The van der Waals surface area contributed by atoms with E-state index in [-0.39, 0.29) is 5.91 Å². The van der Waals surface area contributed by atoms with Crippen molar-refractivity contribution in [3.8, 4) is 0 Å². The lowest BCUT2D eigenvalue weighted by molar-refractivity contribution is -0.114. The Labute approximate surface area is 165 Å². The van der Waals surface area contributed by atoms with Crippen LogP contribution in [0, 0.1) is 0 Å². The lowest BCUT2D eigenvalue weighted by Crippen LogP contribution is -2.28. The summed E-state index contributed by atoms with van der Waals surface area (Å²) in [4.78, 5) is 20.5. The number of para-hydroxylation sites is 1. The monoisotopic (exact) mass is 394 g/mol. The molecule has 0 saturated heterocycles. The Morgan fingerprint density at radius 1 is 1.22 bits per heavy atom. The number of fused-ring (bicyclic) bond motifs is 1. The zero-order valence-electron chi connectivity index (χ0n) is 14.8. The van der Waals surface area contributed by atoms with Crippen molar-refractivity contribution in [2.24, 2.45) is 0 Å². The van der Waals surface area contributed by atoms with E-state index < -0.39 is 0 Å². The fourth-order valence-electron chi connectivity index (χ4n) is 2.82. The van der Waals surface area contributed by atoms with Crippen molar-refractivity contribution in [2.45, 2.75) is 19.9 Å². The predicted octanol–water partition coefficient (Wildman–Crippen LogP) is 5.76. The summed E-state index contributed by atoms with van der Waals surface area (Å²) in [6.45, 7) is 2.46. The molecule has 0 bridgehead atoms. The van der Waals surface area contributed by atoms with Gasteiger partial charge in [0, 0.05) is 11.0 Å². The number of thiazole rings is 1. The number of rotatable bonds is 6. The molecule has 4 rings (SSSR count). The van der Waals surface area contributed by atoms with Crippen molar-refractivity contribution in [3.05, 3.63) is 76.4 Å². The van der Waals surface area contributed by atoms with Gasteiger partial charge in [-0.05, 0) is 47.7 Å². The van der Waals surface area contributed by atoms with E-state index in [1.54, 1.807) is 28.6 Å². The quantitative estimate of drug-likeness (QED) is 0.391. The second-order valence-corrected chi connectivity index (χ2v) is 7.95. The lowest BCUT2D eigenvalue weighted by atomic mass is 10.1. The van der Waals surface area contributed by atoms with Gasteiger partial charge in [-0.1, -0.05) is 36.5 Å².